The summed E-state index contributed by atoms with van der Waals surface area (Å²) in [4.78, 5) is 0. The highest BCUT2D eigenvalue weighted by atomic mass is 15.0. The molecule has 2 rings (SSSR count). The smallest absolute Gasteiger partial charge is 0.0407 e. The molecule has 1 heterocycles. The van der Waals surface area contributed by atoms with E-state index in [0.717, 1.165) is 6.54 Å². The highest BCUT2D eigenvalue weighted by molar-refractivity contribution is 5.59. The third-order valence-electron chi connectivity index (χ3n) is 4.13. The highest BCUT2D eigenvalue weighted by Gasteiger charge is 2.27. The van der Waals surface area contributed by atoms with Crippen LogP contribution >= 0.6 is 0 Å². The summed E-state index contributed by atoms with van der Waals surface area (Å²) in [5, 5.41) is 7.40. The number of hydrogen-bond acceptors (Lipinski definition) is 2. The van der Waals surface area contributed by atoms with E-state index < -0.39 is 0 Å². The Bertz CT molecular complexity index is 435. The summed E-state index contributed by atoms with van der Waals surface area (Å²) in [6, 6.07) is 7.21. The topological polar surface area (TPSA) is 24.1 Å². The van der Waals surface area contributed by atoms with E-state index in [1.165, 1.54) is 29.7 Å². The minimum atomic E-state index is 0.247. The number of aryl methyl sites for hydroxylation is 1. The molecular formula is C17H28N2. The summed E-state index contributed by atoms with van der Waals surface area (Å²) in [6.45, 7) is 12.4. The van der Waals surface area contributed by atoms with E-state index in [1.807, 2.05) is 0 Å². The van der Waals surface area contributed by atoms with Gasteiger partial charge in [-0.3, -0.25) is 0 Å². The van der Waals surface area contributed by atoms with Crippen molar-refractivity contribution in [2.45, 2.75) is 65.0 Å². The van der Waals surface area contributed by atoms with Gasteiger partial charge in [-0.1, -0.05) is 32.0 Å². The van der Waals surface area contributed by atoms with E-state index in [9.17, 15) is 0 Å². The molecule has 1 aliphatic rings. The van der Waals surface area contributed by atoms with Crippen LogP contribution in [0.1, 0.15) is 57.6 Å². The van der Waals surface area contributed by atoms with Gasteiger partial charge in [0.1, 0.15) is 0 Å². The first-order valence-electron chi connectivity index (χ1n) is 7.50. The number of para-hydroxylation sites is 1. The fraction of sp³-hybridized carbons (Fsp3) is 0.647. The number of benzene rings is 1. The Labute approximate surface area is 118 Å². The molecule has 1 fully saturated rings. The zero-order valence-corrected chi connectivity index (χ0v) is 13.0. The van der Waals surface area contributed by atoms with E-state index in [-0.39, 0.29) is 5.54 Å². The third-order valence-corrected chi connectivity index (χ3v) is 4.13. The molecule has 1 atom stereocenters. The molecule has 0 bridgehead atoms. The van der Waals surface area contributed by atoms with Crippen molar-refractivity contribution in [3.05, 3.63) is 29.3 Å². The first-order valence-corrected chi connectivity index (χ1v) is 7.50. The fourth-order valence-electron chi connectivity index (χ4n) is 3.07. The molecule has 106 valence electrons. The van der Waals surface area contributed by atoms with Crippen molar-refractivity contribution < 1.29 is 0 Å². The van der Waals surface area contributed by atoms with Crippen LogP contribution in [0.2, 0.25) is 0 Å². The van der Waals surface area contributed by atoms with Crippen molar-refractivity contribution in [2.24, 2.45) is 0 Å². The largest absolute Gasteiger partial charge is 0.382 e. The fourth-order valence-corrected chi connectivity index (χ4v) is 3.07. The first kappa shape index (κ1) is 14.4. The van der Waals surface area contributed by atoms with Crippen LogP contribution in [-0.4, -0.2) is 18.1 Å². The van der Waals surface area contributed by atoms with Crippen LogP contribution in [0, 0.1) is 6.92 Å². The average Bonchev–Trinajstić information content (AvgIpc) is 2.30. The van der Waals surface area contributed by atoms with Crippen molar-refractivity contribution in [3.63, 3.8) is 0 Å². The summed E-state index contributed by atoms with van der Waals surface area (Å²) < 4.78 is 0. The number of anilines is 1. The van der Waals surface area contributed by atoms with Gasteiger partial charge in [0, 0.05) is 17.3 Å². The Balaban J connectivity index is 2.19. The lowest BCUT2D eigenvalue weighted by Gasteiger charge is -2.38. The molecule has 1 aromatic carbocycles. The Morgan fingerprint density at radius 3 is 2.68 bits per heavy atom. The van der Waals surface area contributed by atoms with Crippen molar-refractivity contribution >= 4 is 5.69 Å². The standard InChI is InChI=1S/C17H28N2/c1-12(2)15-8-6-7-13(3)16(15)19-14-9-10-18-17(4,5)11-14/h6-8,12,14,18-19H,9-11H2,1-5H3. The maximum atomic E-state index is 3.81. The van der Waals surface area contributed by atoms with Gasteiger partial charge in [0.25, 0.3) is 0 Å². The van der Waals surface area contributed by atoms with Crippen molar-refractivity contribution in [2.75, 3.05) is 11.9 Å². The quantitative estimate of drug-likeness (QED) is 0.856. The van der Waals surface area contributed by atoms with Crippen LogP contribution in [0.4, 0.5) is 5.69 Å². The van der Waals surface area contributed by atoms with Crippen LogP contribution in [-0.2, 0) is 0 Å². The third kappa shape index (κ3) is 3.50. The minimum Gasteiger partial charge on any atom is -0.382 e. The van der Waals surface area contributed by atoms with Gasteiger partial charge >= 0.3 is 0 Å². The van der Waals surface area contributed by atoms with E-state index in [4.69, 9.17) is 0 Å². The second-order valence-corrected chi connectivity index (χ2v) is 6.84. The van der Waals surface area contributed by atoms with Gasteiger partial charge in [-0.25, -0.2) is 0 Å². The van der Waals surface area contributed by atoms with Crippen molar-refractivity contribution in [1.29, 1.82) is 0 Å². The lowest BCUT2D eigenvalue weighted by atomic mass is 9.88. The average molecular weight is 260 g/mol. The highest BCUT2D eigenvalue weighted by Crippen LogP contribution is 2.30. The molecule has 0 aromatic heterocycles. The van der Waals surface area contributed by atoms with Gasteiger partial charge in [0.2, 0.25) is 0 Å². The number of nitrogens with one attached hydrogen (secondary N) is 2. The Hall–Kier alpha value is -1.02. The van der Waals surface area contributed by atoms with Gasteiger partial charge in [-0.2, -0.15) is 0 Å². The molecule has 0 spiro atoms. The first-order chi connectivity index (χ1) is 8.89. The molecule has 2 heteroatoms. The zero-order chi connectivity index (χ0) is 14.0. The number of rotatable bonds is 3. The molecule has 0 aliphatic carbocycles. The zero-order valence-electron chi connectivity index (χ0n) is 13.0. The second-order valence-electron chi connectivity index (χ2n) is 6.84. The van der Waals surface area contributed by atoms with E-state index in [0.29, 0.717) is 12.0 Å². The molecule has 0 saturated carbocycles. The molecule has 0 radical (unpaired) electrons. The predicted molar refractivity (Wildman–Crippen MR) is 84.0 cm³/mol. The second kappa shape index (κ2) is 5.54. The molecule has 1 aliphatic heterocycles. The van der Waals surface area contributed by atoms with Crippen LogP contribution in [0.3, 0.4) is 0 Å². The molecule has 0 amide bonds. The molecule has 1 aromatic rings. The van der Waals surface area contributed by atoms with Crippen LogP contribution in [0.5, 0.6) is 0 Å². The maximum Gasteiger partial charge on any atom is 0.0407 e. The predicted octanol–water partition coefficient (Wildman–Crippen LogP) is 4.06. The molecular weight excluding hydrogens is 232 g/mol. The van der Waals surface area contributed by atoms with Crippen molar-refractivity contribution in [1.82, 2.24) is 5.32 Å². The minimum absolute atomic E-state index is 0.247. The Kier molecular flexibility index (Phi) is 4.19. The summed E-state index contributed by atoms with van der Waals surface area (Å²) in [5.74, 6) is 0.567. The lowest BCUT2D eigenvalue weighted by molar-refractivity contribution is 0.286. The molecule has 2 nitrogen and oxygen atoms in total. The summed E-state index contributed by atoms with van der Waals surface area (Å²) in [5.41, 5.74) is 4.41. The van der Waals surface area contributed by atoms with Crippen LogP contribution < -0.4 is 10.6 Å². The number of piperidine rings is 1. The van der Waals surface area contributed by atoms with Crippen LogP contribution in [0.15, 0.2) is 18.2 Å². The van der Waals surface area contributed by atoms with Crippen molar-refractivity contribution in [3.8, 4) is 0 Å². The van der Waals surface area contributed by atoms with Gasteiger partial charge < -0.3 is 10.6 Å². The Morgan fingerprint density at radius 1 is 1.32 bits per heavy atom. The normalized spacial score (nSPS) is 22.5. The maximum absolute atomic E-state index is 3.81. The Morgan fingerprint density at radius 2 is 2.05 bits per heavy atom. The summed E-state index contributed by atoms with van der Waals surface area (Å²) >= 11 is 0. The van der Waals surface area contributed by atoms with Gasteiger partial charge in [0.15, 0.2) is 0 Å². The molecule has 2 N–H and O–H groups in total. The molecule has 1 unspecified atom stereocenters. The van der Waals surface area contributed by atoms with E-state index in [2.05, 4.69) is 63.5 Å². The summed E-state index contributed by atoms with van der Waals surface area (Å²) in [7, 11) is 0. The molecule has 19 heavy (non-hydrogen) atoms. The summed E-state index contributed by atoms with van der Waals surface area (Å²) in [6.07, 6.45) is 2.38. The lowest BCUT2D eigenvalue weighted by Crippen LogP contribution is -2.50. The van der Waals surface area contributed by atoms with E-state index in [1.54, 1.807) is 0 Å². The van der Waals surface area contributed by atoms with Gasteiger partial charge in [-0.15, -0.1) is 0 Å². The number of hydrogen-bond donors (Lipinski definition) is 2. The van der Waals surface area contributed by atoms with Crippen LogP contribution in [0.25, 0.3) is 0 Å². The van der Waals surface area contributed by atoms with E-state index >= 15 is 0 Å². The van der Waals surface area contributed by atoms with Gasteiger partial charge in [-0.05, 0) is 57.2 Å². The molecule has 1 saturated heterocycles. The van der Waals surface area contributed by atoms with Gasteiger partial charge in [0.05, 0.1) is 0 Å². The monoisotopic (exact) mass is 260 g/mol. The SMILES string of the molecule is Cc1cccc(C(C)C)c1NC1CCNC(C)(C)C1.